The molecule has 2 saturated heterocycles. The van der Waals surface area contributed by atoms with Gasteiger partial charge in [0.05, 0.1) is 21.7 Å². The molecule has 2 fully saturated rings. The fourth-order valence-corrected chi connectivity index (χ4v) is 11.7. The summed E-state index contributed by atoms with van der Waals surface area (Å²) in [5.74, 6) is 0.436. The molecule has 9 rings (SSSR count). The topological polar surface area (TPSA) is 160 Å². The van der Waals surface area contributed by atoms with E-state index >= 15 is 0 Å². The maximum absolute atomic E-state index is 13.4. The number of aryl methyl sites for hydroxylation is 3. The predicted octanol–water partition coefficient (Wildman–Crippen LogP) is 7.49. The summed E-state index contributed by atoms with van der Waals surface area (Å²) in [6.07, 6.45) is 6.90. The first-order chi connectivity index (χ1) is 32.9. The standard InChI is InChI=1S/C27H31ClN6O3S.C22H25Cl2N3O3S/c1-19-17-29-18-26(30-19)31-38(36,37)24-8-6-23(7-9-24)32-12-14-33(15-13-32)27(35)20(2)34-11-3-4-21-16-22(28)5-10-25(21)34;1-16(27-10-2-3-17-15-18(23)4-9-21(17)27)22(28)26-13-11-25(12-14-26)19-5-7-20(8-6-19)31(24,29)30/h5-10,16-18,20H,3-4,11-15H2,1-2H3,(H,30,31);4-9,15-16H,2-3,10-14H2,1H3/t20-;16-/m11/s1. The van der Waals surface area contributed by atoms with Crippen LogP contribution in [0, 0.1) is 6.92 Å². The minimum atomic E-state index is -3.78. The number of aromatic nitrogens is 2. The molecule has 0 radical (unpaired) electrons. The molecule has 366 valence electrons. The molecule has 0 unspecified atom stereocenters. The largest absolute Gasteiger partial charge is 0.368 e. The van der Waals surface area contributed by atoms with Gasteiger partial charge in [0.2, 0.25) is 11.8 Å². The Morgan fingerprint density at radius 2 is 1.03 bits per heavy atom. The van der Waals surface area contributed by atoms with Crippen molar-refractivity contribution in [3.63, 3.8) is 0 Å². The zero-order valence-electron chi connectivity index (χ0n) is 38.8. The summed E-state index contributed by atoms with van der Waals surface area (Å²) in [5.41, 5.74) is 7.06. The van der Waals surface area contributed by atoms with Crippen LogP contribution in [0.15, 0.2) is 107 Å². The van der Waals surface area contributed by atoms with E-state index in [4.69, 9.17) is 33.9 Å². The Morgan fingerprint density at radius 3 is 1.45 bits per heavy atom. The minimum absolute atomic E-state index is 0.0867. The first kappa shape index (κ1) is 50.1. The number of piperazine rings is 2. The molecule has 0 saturated carbocycles. The predicted molar refractivity (Wildman–Crippen MR) is 274 cm³/mol. The SMILES string of the molecule is C[C@H](C(=O)N1CCN(c2ccc(S(=O)(=O)Cl)cc2)CC1)N1CCCc2cc(Cl)ccc21.Cc1cncc(NS(=O)(=O)c2ccc(N3CCN(C(=O)[C@@H](C)N4CCCc5cc(Cl)ccc54)CC3)cc2)n1. The molecule has 20 heteroatoms. The molecular weight excluding hydrogens is 981 g/mol. The number of sulfonamides is 1. The third kappa shape index (κ3) is 11.8. The average Bonchev–Trinajstić information content (AvgIpc) is 3.35. The lowest BCUT2D eigenvalue weighted by Gasteiger charge is -2.41. The second kappa shape index (κ2) is 21.3. The number of carbonyl (C=O) groups is 2. The Kier molecular flexibility index (Phi) is 15.5. The van der Waals surface area contributed by atoms with Crippen LogP contribution in [0.25, 0.3) is 0 Å². The Bertz CT molecular complexity index is 2880. The summed E-state index contributed by atoms with van der Waals surface area (Å²) in [7, 11) is -2.12. The van der Waals surface area contributed by atoms with E-state index in [0.717, 1.165) is 71.6 Å². The van der Waals surface area contributed by atoms with Gasteiger partial charge in [0.1, 0.15) is 12.1 Å². The van der Waals surface area contributed by atoms with Crippen molar-refractivity contribution in [3.8, 4) is 0 Å². The first-order valence-electron chi connectivity index (χ1n) is 23.1. The maximum Gasteiger partial charge on any atom is 0.263 e. The molecule has 4 aromatic carbocycles. The van der Waals surface area contributed by atoms with Crippen molar-refractivity contribution in [1.29, 1.82) is 0 Å². The third-order valence-electron chi connectivity index (χ3n) is 13.2. The van der Waals surface area contributed by atoms with Crippen molar-refractivity contribution in [2.75, 3.05) is 89.8 Å². The van der Waals surface area contributed by atoms with E-state index in [-0.39, 0.29) is 39.5 Å². The van der Waals surface area contributed by atoms with Gasteiger partial charge in [0.15, 0.2) is 5.82 Å². The number of nitrogens with zero attached hydrogens (tertiary/aromatic N) is 8. The summed E-state index contributed by atoms with van der Waals surface area (Å²) < 4.78 is 50.8. The monoisotopic (exact) mass is 1040 g/mol. The number of fused-ring (bicyclic) bond motifs is 2. The number of benzene rings is 4. The molecule has 0 aliphatic carbocycles. The van der Waals surface area contributed by atoms with Gasteiger partial charge in [-0.05, 0) is 143 Å². The van der Waals surface area contributed by atoms with Crippen LogP contribution in [0.3, 0.4) is 0 Å². The highest BCUT2D eigenvalue weighted by atomic mass is 35.7. The molecule has 0 bridgehead atoms. The lowest BCUT2D eigenvalue weighted by molar-refractivity contribution is -0.133. The number of amides is 2. The molecule has 2 atom stereocenters. The lowest BCUT2D eigenvalue weighted by atomic mass is 10.00. The quantitative estimate of drug-likeness (QED) is 0.138. The molecule has 1 aromatic heterocycles. The van der Waals surface area contributed by atoms with Crippen molar-refractivity contribution < 1.29 is 26.4 Å². The number of halogens is 3. The van der Waals surface area contributed by atoms with Crippen molar-refractivity contribution in [2.24, 2.45) is 0 Å². The van der Waals surface area contributed by atoms with E-state index in [1.807, 2.05) is 60.0 Å². The molecule has 69 heavy (non-hydrogen) atoms. The molecule has 2 amide bonds. The van der Waals surface area contributed by atoms with Gasteiger partial charge in [-0.1, -0.05) is 23.2 Å². The van der Waals surface area contributed by atoms with Gasteiger partial charge in [-0.15, -0.1) is 0 Å². The van der Waals surface area contributed by atoms with E-state index in [0.29, 0.717) is 58.1 Å². The highest BCUT2D eigenvalue weighted by Gasteiger charge is 2.33. The van der Waals surface area contributed by atoms with Crippen LogP contribution < -0.4 is 24.3 Å². The number of nitrogens with one attached hydrogen (secondary N) is 1. The van der Waals surface area contributed by atoms with E-state index in [1.165, 1.54) is 29.5 Å². The van der Waals surface area contributed by atoms with E-state index in [2.05, 4.69) is 34.3 Å². The minimum Gasteiger partial charge on any atom is -0.368 e. The Labute approximate surface area is 419 Å². The van der Waals surface area contributed by atoms with Crippen molar-refractivity contribution in [2.45, 2.75) is 68.3 Å². The highest BCUT2D eigenvalue weighted by Crippen LogP contribution is 2.33. The van der Waals surface area contributed by atoms with Crippen LogP contribution >= 0.6 is 33.9 Å². The highest BCUT2D eigenvalue weighted by molar-refractivity contribution is 8.13. The Hall–Kier alpha value is -5.33. The van der Waals surface area contributed by atoms with Gasteiger partial charge in [-0.3, -0.25) is 19.3 Å². The number of hydrogen-bond donors (Lipinski definition) is 1. The molecule has 1 N–H and O–H groups in total. The molecule has 5 heterocycles. The van der Waals surface area contributed by atoms with Crippen molar-refractivity contribution in [1.82, 2.24) is 19.8 Å². The Morgan fingerprint density at radius 1 is 0.594 bits per heavy atom. The molecule has 5 aromatic rings. The van der Waals surface area contributed by atoms with Gasteiger partial charge in [-0.2, -0.15) is 0 Å². The van der Waals surface area contributed by atoms with E-state index in [9.17, 15) is 26.4 Å². The van der Waals surface area contributed by atoms with Crippen LogP contribution in [-0.4, -0.2) is 126 Å². The third-order valence-corrected chi connectivity index (χ3v) is 16.4. The van der Waals surface area contributed by atoms with E-state index < -0.39 is 19.1 Å². The van der Waals surface area contributed by atoms with Crippen LogP contribution in [-0.2, 0) is 41.5 Å². The van der Waals surface area contributed by atoms with E-state index in [1.54, 1.807) is 49.5 Å². The fraction of sp³-hybridized carbons (Fsp3) is 0.388. The van der Waals surface area contributed by atoms with Gasteiger partial charge >= 0.3 is 0 Å². The second-order valence-electron chi connectivity index (χ2n) is 17.7. The van der Waals surface area contributed by atoms with Gasteiger partial charge < -0.3 is 29.4 Å². The summed E-state index contributed by atoms with van der Waals surface area (Å²) in [4.78, 5) is 47.5. The second-order valence-corrected chi connectivity index (χ2v) is 22.8. The zero-order valence-corrected chi connectivity index (χ0v) is 42.7. The first-order valence-corrected chi connectivity index (χ1v) is 27.6. The molecular formula is C49H56Cl3N9O6S2. The van der Waals surface area contributed by atoms with Gasteiger partial charge in [0.25, 0.3) is 19.1 Å². The molecule has 15 nitrogen and oxygen atoms in total. The number of hydrogen-bond acceptors (Lipinski definition) is 12. The van der Waals surface area contributed by atoms with Crippen LogP contribution in [0.4, 0.5) is 28.6 Å². The number of carbonyl (C=O) groups excluding carboxylic acids is 2. The van der Waals surface area contributed by atoms with Crippen LogP contribution in [0.2, 0.25) is 10.0 Å². The molecule has 4 aliphatic rings. The summed E-state index contributed by atoms with van der Waals surface area (Å²) in [6.45, 7) is 12.6. The molecule has 0 spiro atoms. The summed E-state index contributed by atoms with van der Waals surface area (Å²) in [6, 6.07) is 24.6. The maximum atomic E-state index is 13.4. The normalized spacial score (nSPS) is 17.2. The Balaban J connectivity index is 0.000000190. The summed E-state index contributed by atoms with van der Waals surface area (Å²) >= 11 is 12.3. The fourth-order valence-electron chi connectivity index (χ4n) is 9.52. The van der Waals surface area contributed by atoms with Crippen molar-refractivity contribution >= 4 is 93.3 Å². The smallest absolute Gasteiger partial charge is 0.263 e. The van der Waals surface area contributed by atoms with Gasteiger partial charge in [0, 0.05) is 115 Å². The van der Waals surface area contributed by atoms with Crippen molar-refractivity contribution in [3.05, 3.63) is 124 Å². The average molecular weight is 1040 g/mol. The van der Waals surface area contributed by atoms with Gasteiger partial charge in [-0.25, -0.2) is 21.8 Å². The van der Waals surface area contributed by atoms with Crippen LogP contribution in [0.5, 0.6) is 0 Å². The number of rotatable bonds is 10. The lowest BCUT2D eigenvalue weighted by Crippen LogP contribution is -2.55. The summed E-state index contributed by atoms with van der Waals surface area (Å²) in [5, 5.41) is 1.45. The zero-order chi connectivity index (χ0) is 49.0. The molecule has 4 aliphatic heterocycles. The van der Waals surface area contributed by atoms with Crippen LogP contribution in [0.1, 0.15) is 43.5 Å². The number of anilines is 5.